The fraction of sp³-hybridized carbons (Fsp3) is 0.500. The van der Waals surface area contributed by atoms with E-state index in [9.17, 15) is 19.1 Å². The van der Waals surface area contributed by atoms with E-state index in [1.165, 1.54) is 19.2 Å². The molecule has 0 atom stereocenters. The van der Waals surface area contributed by atoms with Gasteiger partial charge in [0.25, 0.3) is 5.69 Å². The molecule has 0 unspecified atom stereocenters. The van der Waals surface area contributed by atoms with Gasteiger partial charge in [0.15, 0.2) is 0 Å². The predicted octanol–water partition coefficient (Wildman–Crippen LogP) is 1.73. The number of hydrogen-bond acceptors (Lipinski definition) is 6. The van der Waals surface area contributed by atoms with Gasteiger partial charge in [0.05, 0.1) is 12.0 Å². The number of benzene rings is 1. The molecule has 1 heterocycles. The minimum atomic E-state index is -0.747. The molecular weight excluding hydrogens is 308 g/mol. The molecule has 0 amide bonds. The number of nitro groups is 1. The molecule has 1 aromatic rings. The van der Waals surface area contributed by atoms with Crippen molar-refractivity contribution in [2.75, 3.05) is 30.6 Å². The van der Waals surface area contributed by atoms with E-state index in [1.807, 2.05) is 11.9 Å². The molecule has 1 aromatic carbocycles. The Balaban J connectivity index is 2.29. The highest BCUT2D eigenvalue weighted by atomic mass is 32.2. The van der Waals surface area contributed by atoms with Gasteiger partial charge in [-0.25, -0.2) is 4.79 Å². The number of carbonyl (C=O) groups is 1. The number of ether oxygens (including phenoxy) is 1. The van der Waals surface area contributed by atoms with Crippen LogP contribution in [0, 0.1) is 10.1 Å². The van der Waals surface area contributed by atoms with Crippen LogP contribution >= 0.6 is 0 Å². The minimum Gasteiger partial charge on any atom is -0.465 e. The first-order valence-corrected chi connectivity index (χ1v) is 8.37. The third-order valence-electron chi connectivity index (χ3n) is 3.89. The molecule has 0 N–H and O–H groups in total. The highest BCUT2D eigenvalue weighted by Gasteiger charge is 2.25. The summed E-state index contributed by atoms with van der Waals surface area (Å²) in [5, 5.41) is 11.0. The molecule has 8 heteroatoms. The first kappa shape index (κ1) is 16.4. The molecule has 1 aliphatic rings. The Morgan fingerprint density at radius 2 is 2.05 bits per heavy atom. The van der Waals surface area contributed by atoms with Crippen molar-refractivity contribution in [2.45, 2.75) is 18.9 Å². The van der Waals surface area contributed by atoms with Crippen molar-refractivity contribution in [3.8, 4) is 0 Å². The average molecular weight is 326 g/mol. The quantitative estimate of drug-likeness (QED) is 0.475. The summed E-state index contributed by atoms with van der Waals surface area (Å²) < 4.78 is 16.0. The molecule has 120 valence electrons. The van der Waals surface area contributed by atoms with Crippen LogP contribution in [0.25, 0.3) is 0 Å². The van der Waals surface area contributed by atoms with Gasteiger partial charge in [0.2, 0.25) is 0 Å². The van der Waals surface area contributed by atoms with E-state index >= 15 is 0 Å². The number of hydrogen-bond donors (Lipinski definition) is 0. The Bertz CT molecular complexity index is 609. The van der Waals surface area contributed by atoms with E-state index in [0.29, 0.717) is 17.2 Å². The van der Waals surface area contributed by atoms with Gasteiger partial charge in [-0.3, -0.25) is 14.3 Å². The maximum absolute atomic E-state index is 11.7. The number of nitro benzene ring substituents is 1. The Kier molecular flexibility index (Phi) is 5.12. The van der Waals surface area contributed by atoms with Gasteiger partial charge in [-0.2, -0.15) is 0 Å². The van der Waals surface area contributed by atoms with Gasteiger partial charge in [0.1, 0.15) is 5.56 Å². The first-order valence-electron chi connectivity index (χ1n) is 6.88. The lowest BCUT2D eigenvalue weighted by Gasteiger charge is -2.32. The Morgan fingerprint density at radius 3 is 2.59 bits per heavy atom. The van der Waals surface area contributed by atoms with E-state index in [1.54, 1.807) is 6.07 Å². The van der Waals surface area contributed by atoms with Crippen LogP contribution in [0.2, 0.25) is 0 Å². The second kappa shape index (κ2) is 6.87. The monoisotopic (exact) mass is 326 g/mol. The highest BCUT2D eigenvalue weighted by Crippen LogP contribution is 2.28. The van der Waals surface area contributed by atoms with Crippen molar-refractivity contribution in [1.29, 1.82) is 0 Å². The van der Waals surface area contributed by atoms with Gasteiger partial charge >= 0.3 is 5.97 Å². The van der Waals surface area contributed by atoms with Crippen molar-refractivity contribution >= 4 is 28.1 Å². The fourth-order valence-corrected chi connectivity index (χ4v) is 3.83. The van der Waals surface area contributed by atoms with Crippen LogP contribution in [0.15, 0.2) is 18.2 Å². The van der Waals surface area contributed by atoms with E-state index in [-0.39, 0.29) is 17.3 Å². The summed E-state index contributed by atoms with van der Waals surface area (Å²) in [5.41, 5.74) is 0.383. The molecule has 0 saturated carbocycles. The smallest absolute Gasteiger partial charge is 0.344 e. The van der Waals surface area contributed by atoms with Crippen molar-refractivity contribution in [3.63, 3.8) is 0 Å². The van der Waals surface area contributed by atoms with E-state index in [4.69, 9.17) is 0 Å². The molecule has 0 bridgehead atoms. The average Bonchev–Trinajstić information content (AvgIpc) is 2.53. The maximum Gasteiger partial charge on any atom is 0.344 e. The molecule has 0 radical (unpaired) electrons. The van der Waals surface area contributed by atoms with E-state index < -0.39 is 21.7 Å². The minimum absolute atomic E-state index is 0.0590. The number of methoxy groups -OCH3 is 1. The third kappa shape index (κ3) is 3.44. The van der Waals surface area contributed by atoms with Crippen molar-refractivity contribution in [3.05, 3.63) is 33.9 Å². The molecule has 22 heavy (non-hydrogen) atoms. The van der Waals surface area contributed by atoms with Gasteiger partial charge < -0.3 is 9.64 Å². The Hall–Kier alpha value is -1.96. The zero-order valence-electron chi connectivity index (χ0n) is 12.5. The second-order valence-corrected chi connectivity index (χ2v) is 6.84. The number of anilines is 1. The molecule has 0 aromatic heterocycles. The molecule has 1 fully saturated rings. The zero-order chi connectivity index (χ0) is 16.3. The molecule has 7 nitrogen and oxygen atoms in total. The fourth-order valence-electron chi connectivity index (χ4n) is 2.56. The first-order chi connectivity index (χ1) is 10.4. The number of rotatable bonds is 4. The van der Waals surface area contributed by atoms with Gasteiger partial charge in [-0.1, -0.05) is 0 Å². The summed E-state index contributed by atoms with van der Waals surface area (Å²) in [4.78, 5) is 24.1. The SMILES string of the molecule is COC(=O)c1cc(N(C)C2CCS(=O)CC2)ccc1[N+](=O)[O-]. The number of nitrogens with zero attached hydrogens (tertiary/aromatic N) is 2. The molecule has 1 aliphatic heterocycles. The van der Waals surface area contributed by atoms with Crippen LogP contribution in [0.4, 0.5) is 11.4 Å². The van der Waals surface area contributed by atoms with E-state index in [2.05, 4.69) is 4.74 Å². The molecule has 2 rings (SSSR count). The Labute approximate surface area is 130 Å². The highest BCUT2D eigenvalue weighted by molar-refractivity contribution is 7.85. The summed E-state index contributed by atoms with van der Waals surface area (Å²) in [6.45, 7) is 0. The number of esters is 1. The summed E-state index contributed by atoms with van der Waals surface area (Å²) in [6.07, 6.45) is 1.60. The molecule has 0 aliphatic carbocycles. The van der Waals surface area contributed by atoms with Crippen LogP contribution in [0.3, 0.4) is 0 Å². The standard InChI is InChI=1S/C14H18N2O5S/c1-15(10-5-7-22(20)8-6-10)11-3-4-13(16(18)19)12(9-11)14(17)21-2/h3-4,9-10H,5-8H2,1-2H3. The summed E-state index contributed by atoms with van der Waals surface area (Å²) >= 11 is 0. The van der Waals surface area contributed by atoms with Gasteiger partial charge in [-0.15, -0.1) is 0 Å². The van der Waals surface area contributed by atoms with Crippen LogP contribution in [0.1, 0.15) is 23.2 Å². The normalized spacial score (nSPS) is 21.2. The third-order valence-corrected chi connectivity index (χ3v) is 5.28. The molecular formula is C14H18N2O5S. The van der Waals surface area contributed by atoms with Gasteiger partial charge in [0, 0.05) is 47.1 Å². The van der Waals surface area contributed by atoms with Gasteiger partial charge in [-0.05, 0) is 25.0 Å². The topological polar surface area (TPSA) is 89.8 Å². The van der Waals surface area contributed by atoms with Crippen molar-refractivity contribution < 1.29 is 18.7 Å². The molecule has 0 spiro atoms. The summed E-state index contributed by atoms with van der Waals surface area (Å²) in [6, 6.07) is 4.63. The Morgan fingerprint density at radius 1 is 1.41 bits per heavy atom. The van der Waals surface area contributed by atoms with Crippen LogP contribution < -0.4 is 4.90 Å². The number of carbonyl (C=O) groups excluding carboxylic acids is 1. The predicted molar refractivity (Wildman–Crippen MR) is 83.7 cm³/mol. The lowest BCUT2D eigenvalue weighted by atomic mass is 10.1. The summed E-state index contributed by atoms with van der Waals surface area (Å²) in [7, 11) is 2.32. The zero-order valence-corrected chi connectivity index (χ0v) is 13.3. The lowest BCUT2D eigenvalue weighted by Crippen LogP contribution is -2.37. The van der Waals surface area contributed by atoms with Crippen LogP contribution in [-0.4, -0.2) is 46.8 Å². The van der Waals surface area contributed by atoms with Crippen LogP contribution in [0.5, 0.6) is 0 Å². The van der Waals surface area contributed by atoms with Crippen molar-refractivity contribution in [2.24, 2.45) is 0 Å². The van der Waals surface area contributed by atoms with Crippen LogP contribution in [-0.2, 0) is 15.5 Å². The maximum atomic E-state index is 11.7. The summed E-state index contributed by atoms with van der Waals surface area (Å²) in [5.74, 6) is 0.587. The largest absolute Gasteiger partial charge is 0.465 e. The second-order valence-electron chi connectivity index (χ2n) is 5.14. The lowest BCUT2D eigenvalue weighted by molar-refractivity contribution is -0.385. The van der Waals surface area contributed by atoms with Crippen molar-refractivity contribution in [1.82, 2.24) is 0 Å². The molecule has 1 saturated heterocycles. The van der Waals surface area contributed by atoms with E-state index in [0.717, 1.165) is 12.8 Å².